The summed E-state index contributed by atoms with van der Waals surface area (Å²) < 4.78 is 105. The van der Waals surface area contributed by atoms with Crippen LogP contribution in [0.2, 0.25) is 0 Å². The van der Waals surface area contributed by atoms with Crippen molar-refractivity contribution in [1.82, 2.24) is 0 Å². The molecule has 2 aromatic carbocycles. The van der Waals surface area contributed by atoms with E-state index in [1.807, 2.05) is 0 Å². The van der Waals surface area contributed by atoms with Gasteiger partial charge in [-0.1, -0.05) is 0 Å². The van der Waals surface area contributed by atoms with Crippen LogP contribution >= 0.6 is 0 Å². The highest BCUT2D eigenvalue weighted by Crippen LogP contribution is 2.41. The Balaban J connectivity index is 2.56. The summed E-state index contributed by atoms with van der Waals surface area (Å²) in [4.78, 5) is 11.4. The monoisotopic (exact) mass is 450 g/mol. The van der Waals surface area contributed by atoms with E-state index in [2.05, 4.69) is 4.74 Å². The van der Waals surface area contributed by atoms with Gasteiger partial charge in [0.2, 0.25) is 0 Å². The second-order valence-corrected chi connectivity index (χ2v) is 7.08. The van der Waals surface area contributed by atoms with Crippen LogP contribution in [0.25, 0.3) is 0 Å². The zero-order valence-electron chi connectivity index (χ0n) is 16.1. The molecule has 1 N–H and O–H groups in total. The van der Waals surface area contributed by atoms with Gasteiger partial charge in [-0.3, -0.25) is 0 Å². The Morgan fingerprint density at radius 1 is 0.871 bits per heavy atom. The number of hydrogen-bond acceptors (Lipinski definition) is 4. The van der Waals surface area contributed by atoms with Crippen LogP contribution in [0.3, 0.4) is 0 Å². The molecule has 0 radical (unpaired) electrons. The largest absolute Gasteiger partial charge is 0.573 e. The summed E-state index contributed by atoms with van der Waals surface area (Å²) in [5.41, 5.74) is -3.23. The molecule has 164 valence electrons. The number of aromatic carboxylic acids is 1. The maximum Gasteiger partial charge on any atom is 0.573 e. The number of ether oxygens (including phenoxy) is 3. The Morgan fingerprint density at radius 3 is 1.94 bits per heavy atom. The average Bonchev–Trinajstić information content (AvgIpc) is 2.52. The van der Waals surface area contributed by atoms with E-state index in [0.29, 0.717) is 6.07 Å². The molecule has 0 atom stereocenters. The summed E-state index contributed by atoms with van der Waals surface area (Å²) in [6.45, 7) is 0. The number of carboxylic acid groups (broad SMARTS) is 1. The van der Waals surface area contributed by atoms with E-state index in [-0.39, 0.29) is 17.6 Å². The van der Waals surface area contributed by atoms with Crippen molar-refractivity contribution in [2.24, 2.45) is 0 Å². The van der Waals surface area contributed by atoms with E-state index in [4.69, 9.17) is 9.47 Å². The molecular formula is C16H12B3F7O5. The minimum Gasteiger partial charge on any atom is -0.510 e. The molecule has 0 spiro atoms. The van der Waals surface area contributed by atoms with Crippen molar-refractivity contribution in [3.05, 3.63) is 47.3 Å². The van der Waals surface area contributed by atoms with Crippen molar-refractivity contribution in [1.29, 1.82) is 0 Å². The van der Waals surface area contributed by atoms with Gasteiger partial charge in [0.1, 0.15) is 40.6 Å². The average molecular weight is 450 g/mol. The van der Waals surface area contributed by atoms with Crippen molar-refractivity contribution in [3.8, 4) is 23.0 Å². The number of halogens is 7. The van der Waals surface area contributed by atoms with Crippen LogP contribution in [0.4, 0.5) is 30.7 Å². The lowest BCUT2D eigenvalue weighted by Crippen LogP contribution is -2.37. The van der Waals surface area contributed by atoms with E-state index in [1.165, 1.54) is 23.5 Å². The molecule has 0 bridgehead atoms. The third kappa shape index (κ3) is 6.50. The van der Waals surface area contributed by atoms with Gasteiger partial charge in [-0.25, -0.2) is 9.18 Å². The smallest absolute Gasteiger partial charge is 0.510 e. The van der Waals surface area contributed by atoms with Crippen LogP contribution < -0.4 is 14.2 Å². The van der Waals surface area contributed by atoms with Gasteiger partial charge in [-0.15, -0.1) is 13.2 Å². The molecule has 0 unspecified atom stereocenters. The highest BCUT2D eigenvalue weighted by molar-refractivity contribution is 6.58. The van der Waals surface area contributed by atoms with Gasteiger partial charge in [-0.2, -0.15) is 13.2 Å². The molecule has 0 saturated heterocycles. The fourth-order valence-corrected chi connectivity index (χ4v) is 2.36. The molecule has 31 heavy (non-hydrogen) atoms. The first-order valence-electron chi connectivity index (χ1n) is 8.37. The maximum absolute atomic E-state index is 14.2. The first-order chi connectivity index (χ1) is 14.0. The van der Waals surface area contributed by atoms with Crippen LogP contribution in [0, 0.1) is 5.82 Å². The SMILES string of the molecule is BC(B)(B)Oc1cc(OC(F)(F)F)ccc1Oc1ccc(C(F)(F)F)c(F)c1C(=O)O. The summed E-state index contributed by atoms with van der Waals surface area (Å²) in [5.74, 6) is -6.38. The molecule has 0 amide bonds. The van der Waals surface area contributed by atoms with Gasteiger partial charge in [0.05, 0.1) is 5.56 Å². The van der Waals surface area contributed by atoms with E-state index in [9.17, 15) is 40.6 Å². The number of rotatable bonds is 6. The predicted molar refractivity (Wildman–Crippen MR) is 101 cm³/mol. The molecular weight excluding hydrogens is 438 g/mol. The molecule has 0 aliphatic rings. The molecule has 15 heteroatoms. The normalized spacial score (nSPS) is 12.4. The Morgan fingerprint density at radius 2 is 1.45 bits per heavy atom. The first kappa shape index (κ1) is 24.3. The molecule has 0 saturated carbocycles. The maximum atomic E-state index is 14.2. The highest BCUT2D eigenvalue weighted by Gasteiger charge is 2.37. The zero-order chi connectivity index (χ0) is 23.8. The molecule has 0 aliphatic carbocycles. The molecule has 0 heterocycles. The molecule has 2 aromatic rings. The van der Waals surface area contributed by atoms with Gasteiger partial charge < -0.3 is 19.3 Å². The molecule has 5 nitrogen and oxygen atoms in total. The third-order valence-electron chi connectivity index (χ3n) is 3.41. The Hall–Kier alpha value is -2.99. The standard InChI is InChI=1S/C16H12B3F7O5/c17-15(18,19)31-10-5-6(30-16(24,25)26)1-3-8(10)29-9-4-2-7(14(21,22)23)12(20)11(9)13(27)28/h1-5H,17-19H2,(H,27,28). The van der Waals surface area contributed by atoms with Crippen molar-refractivity contribution in [3.63, 3.8) is 0 Å². The minimum absolute atomic E-state index is 0.280. The summed E-state index contributed by atoms with van der Waals surface area (Å²) in [6.07, 6.45) is -10.2. The van der Waals surface area contributed by atoms with Crippen LogP contribution in [0.5, 0.6) is 23.0 Å². The fourth-order valence-electron chi connectivity index (χ4n) is 2.36. The molecule has 0 fully saturated rings. The highest BCUT2D eigenvalue weighted by atomic mass is 19.4. The van der Waals surface area contributed by atoms with Gasteiger partial charge in [0.15, 0.2) is 17.3 Å². The minimum atomic E-state index is -5.16. The van der Waals surface area contributed by atoms with Gasteiger partial charge in [0, 0.05) is 11.4 Å². The number of benzene rings is 2. The van der Waals surface area contributed by atoms with E-state index < -0.39 is 52.3 Å². The number of carboxylic acids is 1. The lowest BCUT2D eigenvalue weighted by Gasteiger charge is -2.24. The fraction of sp³-hybridized carbons (Fsp3) is 0.188. The molecule has 2 rings (SSSR count). The summed E-state index contributed by atoms with van der Waals surface area (Å²) in [7, 11) is 4.61. The number of alkyl halides is 6. The lowest BCUT2D eigenvalue weighted by atomic mass is 9.52. The van der Waals surface area contributed by atoms with E-state index >= 15 is 0 Å². The van der Waals surface area contributed by atoms with E-state index in [1.54, 1.807) is 0 Å². The van der Waals surface area contributed by atoms with E-state index in [0.717, 1.165) is 18.2 Å². The summed E-state index contributed by atoms with van der Waals surface area (Å²) in [6, 6.07) is 3.36. The Bertz CT molecular complexity index is 987. The van der Waals surface area contributed by atoms with Crippen LogP contribution in [-0.4, -0.2) is 46.3 Å². The number of hydrogen-bond donors (Lipinski definition) is 1. The van der Waals surface area contributed by atoms with Crippen molar-refractivity contribution < 1.29 is 54.8 Å². The Kier molecular flexibility index (Phi) is 6.48. The second-order valence-electron chi connectivity index (χ2n) is 7.08. The first-order valence-corrected chi connectivity index (χ1v) is 8.37. The van der Waals surface area contributed by atoms with Crippen LogP contribution in [0.15, 0.2) is 30.3 Å². The van der Waals surface area contributed by atoms with Gasteiger partial charge in [-0.05, 0) is 24.3 Å². The zero-order valence-corrected chi connectivity index (χ0v) is 16.1. The van der Waals surface area contributed by atoms with Crippen molar-refractivity contribution in [2.45, 2.75) is 17.8 Å². The van der Waals surface area contributed by atoms with Gasteiger partial charge in [0.25, 0.3) is 0 Å². The Labute approximate surface area is 173 Å². The third-order valence-corrected chi connectivity index (χ3v) is 3.41. The quantitative estimate of drug-likeness (QED) is 0.541. The van der Waals surface area contributed by atoms with Crippen LogP contribution in [-0.2, 0) is 6.18 Å². The second kappa shape index (κ2) is 8.27. The molecule has 0 aliphatic heterocycles. The summed E-state index contributed by atoms with van der Waals surface area (Å²) >= 11 is 0. The van der Waals surface area contributed by atoms with Crippen molar-refractivity contribution >= 4 is 29.5 Å². The van der Waals surface area contributed by atoms with Crippen LogP contribution in [0.1, 0.15) is 15.9 Å². The predicted octanol–water partition coefficient (Wildman–Crippen LogP) is 2.12. The topological polar surface area (TPSA) is 65.0 Å². The number of carbonyl (C=O) groups is 1. The summed E-state index contributed by atoms with van der Waals surface area (Å²) in [5, 5.41) is 8.20. The van der Waals surface area contributed by atoms with Gasteiger partial charge >= 0.3 is 18.5 Å². The van der Waals surface area contributed by atoms with Crippen molar-refractivity contribution in [2.75, 3.05) is 0 Å². The molecule has 0 aromatic heterocycles. The lowest BCUT2D eigenvalue weighted by molar-refractivity contribution is -0.274.